The number of halogens is 1. The molecule has 2 aliphatic heterocycles. The molecule has 6 nitrogen and oxygen atoms in total. The number of benzene rings is 1. The van der Waals surface area contributed by atoms with E-state index in [4.69, 9.17) is 9.73 Å². The van der Waals surface area contributed by atoms with Crippen molar-refractivity contribution in [2.24, 2.45) is 10.9 Å². The van der Waals surface area contributed by atoms with Gasteiger partial charge in [0, 0.05) is 71.7 Å². The number of hydrogen-bond acceptors (Lipinski definition) is 4. The zero-order valence-electron chi connectivity index (χ0n) is 19.6. The van der Waals surface area contributed by atoms with Gasteiger partial charge in [-0.05, 0) is 31.5 Å². The number of likely N-dealkylation sites (N-methyl/N-ethyl adjacent to an activating group) is 1. The summed E-state index contributed by atoms with van der Waals surface area (Å²) in [5.74, 6) is 2.62. The molecule has 2 heterocycles. The lowest BCUT2D eigenvalue weighted by Crippen LogP contribution is -2.48. The summed E-state index contributed by atoms with van der Waals surface area (Å²) in [6, 6.07) is 10.2. The number of piperidine rings is 1. The standard InChI is InChI=1S/C24H41N5O.HI/c1-4-25-24(26-19-21(3)20-28-17-15-27(5-2)16-18-28)29-13-11-23(12-14-29)30-22-9-7-6-8-10-22;/h6-10,21,23H,4-5,11-20H2,1-3H3,(H,25,26);1H. The van der Waals surface area contributed by atoms with Gasteiger partial charge in [-0.3, -0.25) is 4.99 Å². The van der Waals surface area contributed by atoms with E-state index in [1.807, 2.05) is 30.3 Å². The number of likely N-dealkylation sites (tertiary alicyclic amines) is 1. The van der Waals surface area contributed by atoms with Crippen molar-refractivity contribution < 1.29 is 4.74 Å². The molecule has 0 aromatic heterocycles. The Kier molecular flexibility index (Phi) is 12.0. The average molecular weight is 544 g/mol. The molecule has 0 bridgehead atoms. The summed E-state index contributed by atoms with van der Waals surface area (Å²) in [5.41, 5.74) is 0. The maximum atomic E-state index is 6.15. The summed E-state index contributed by atoms with van der Waals surface area (Å²) in [7, 11) is 0. The van der Waals surface area contributed by atoms with E-state index in [-0.39, 0.29) is 24.0 Å². The fourth-order valence-electron chi connectivity index (χ4n) is 4.33. The van der Waals surface area contributed by atoms with Crippen molar-refractivity contribution in [1.82, 2.24) is 20.0 Å². The Morgan fingerprint density at radius 1 is 1.03 bits per heavy atom. The summed E-state index contributed by atoms with van der Waals surface area (Å²) in [6.45, 7) is 17.6. The lowest BCUT2D eigenvalue weighted by molar-refractivity contribution is 0.124. The number of piperazine rings is 1. The molecule has 3 rings (SSSR count). The van der Waals surface area contributed by atoms with Gasteiger partial charge in [0.2, 0.25) is 0 Å². The maximum Gasteiger partial charge on any atom is 0.193 e. The van der Waals surface area contributed by atoms with Crippen molar-refractivity contribution in [2.45, 2.75) is 39.7 Å². The third kappa shape index (κ3) is 8.77. The highest BCUT2D eigenvalue weighted by atomic mass is 127. The van der Waals surface area contributed by atoms with Crippen LogP contribution in [0.2, 0.25) is 0 Å². The minimum Gasteiger partial charge on any atom is -0.490 e. The van der Waals surface area contributed by atoms with E-state index < -0.39 is 0 Å². The van der Waals surface area contributed by atoms with Crippen LogP contribution in [0, 0.1) is 5.92 Å². The third-order valence-electron chi connectivity index (χ3n) is 6.16. The summed E-state index contributed by atoms with van der Waals surface area (Å²) < 4.78 is 6.15. The summed E-state index contributed by atoms with van der Waals surface area (Å²) in [4.78, 5) is 12.5. The molecule has 0 amide bonds. The number of ether oxygens (including phenoxy) is 1. The van der Waals surface area contributed by atoms with Gasteiger partial charge in [-0.2, -0.15) is 0 Å². The van der Waals surface area contributed by atoms with Crippen molar-refractivity contribution in [3.63, 3.8) is 0 Å². The molecule has 1 atom stereocenters. The van der Waals surface area contributed by atoms with Crippen LogP contribution in [0.4, 0.5) is 0 Å². The lowest BCUT2D eigenvalue weighted by atomic mass is 10.1. The minimum absolute atomic E-state index is 0. The van der Waals surface area contributed by atoms with E-state index in [0.717, 1.165) is 57.3 Å². The largest absolute Gasteiger partial charge is 0.490 e. The van der Waals surface area contributed by atoms with Crippen LogP contribution in [-0.2, 0) is 0 Å². The Hall–Kier alpha value is -1.06. The van der Waals surface area contributed by atoms with E-state index in [0.29, 0.717) is 12.0 Å². The molecule has 1 N–H and O–H groups in total. The van der Waals surface area contributed by atoms with Crippen molar-refractivity contribution >= 4 is 29.9 Å². The second-order valence-corrected chi connectivity index (χ2v) is 8.65. The van der Waals surface area contributed by atoms with Crippen LogP contribution in [0.5, 0.6) is 5.75 Å². The topological polar surface area (TPSA) is 43.3 Å². The molecule has 1 aromatic rings. The Morgan fingerprint density at radius 3 is 2.29 bits per heavy atom. The maximum absolute atomic E-state index is 6.15. The number of rotatable bonds is 8. The first-order valence-electron chi connectivity index (χ1n) is 11.9. The summed E-state index contributed by atoms with van der Waals surface area (Å²) >= 11 is 0. The van der Waals surface area contributed by atoms with E-state index in [1.54, 1.807) is 0 Å². The molecule has 0 spiro atoms. The first kappa shape index (κ1) is 26.2. The van der Waals surface area contributed by atoms with Crippen molar-refractivity contribution in [2.75, 3.05) is 65.4 Å². The van der Waals surface area contributed by atoms with Gasteiger partial charge < -0.3 is 24.8 Å². The molecule has 7 heteroatoms. The van der Waals surface area contributed by atoms with Crippen LogP contribution < -0.4 is 10.1 Å². The number of para-hydroxylation sites is 1. The van der Waals surface area contributed by atoms with Crippen molar-refractivity contribution in [1.29, 1.82) is 0 Å². The fourth-order valence-corrected chi connectivity index (χ4v) is 4.33. The number of hydrogen-bond donors (Lipinski definition) is 1. The molecule has 0 saturated carbocycles. The highest BCUT2D eigenvalue weighted by molar-refractivity contribution is 14.0. The van der Waals surface area contributed by atoms with Crippen LogP contribution in [0.25, 0.3) is 0 Å². The minimum atomic E-state index is 0. The van der Waals surface area contributed by atoms with Crippen molar-refractivity contribution in [3.8, 4) is 5.75 Å². The fraction of sp³-hybridized carbons (Fsp3) is 0.708. The van der Waals surface area contributed by atoms with Gasteiger partial charge in [-0.15, -0.1) is 24.0 Å². The summed E-state index contributed by atoms with van der Waals surface area (Å²) in [6.07, 6.45) is 2.37. The second kappa shape index (κ2) is 14.2. The number of nitrogens with one attached hydrogen (secondary N) is 1. The molecule has 2 aliphatic rings. The molecule has 1 aromatic carbocycles. The molecule has 2 saturated heterocycles. The monoisotopic (exact) mass is 543 g/mol. The molecule has 2 fully saturated rings. The molecule has 176 valence electrons. The normalized spacial score (nSPS) is 20.2. The smallest absolute Gasteiger partial charge is 0.193 e. The van der Waals surface area contributed by atoms with Gasteiger partial charge in [0.25, 0.3) is 0 Å². The summed E-state index contributed by atoms with van der Waals surface area (Å²) in [5, 5.41) is 3.50. The zero-order chi connectivity index (χ0) is 21.2. The first-order chi connectivity index (χ1) is 14.7. The highest BCUT2D eigenvalue weighted by Gasteiger charge is 2.23. The molecule has 1 unspecified atom stereocenters. The van der Waals surface area contributed by atoms with Crippen LogP contribution in [0.3, 0.4) is 0 Å². The Balaban J connectivity index is 0.00000341. The first-order valence-corrected chi connectivity index (χ1v) is 11.9. The second-order valence-electron chi connectivity index (χ2n) is 8.65. The van der Waals surface area contributed by atoms with Crippen LogP contribution in [0.15, 0.2) is 35.3 Å². The Bertz CT molecular complexity index is 628. The zero-order valence-corrected chi connectivity index (χ0v) is 22.0. The third-order valence-corrected chi connectivity index (χ3v) is 6.16. The number of nitrogens with zero attached hydrogens (tertiary/aromatic N) is 4. The average Bonchev–Trinajstić information content (AvgIpc) is 2.78. The predicted octanol–water partition coefficient (Wildman–Crippen LogP) is 3.39. The molecule has 0 radical (unpaired) electrons. The SMILES string of the molecule is CCNC(=NCC(C)CN1CCN(CC)CC1)N1CCC(Oc2ccccc2)CC1.I. The highest BCUT2D eigenvalue weighted by Crippen LogP contribution is 2.19. The Morgan fingerprint density at radius 2 is 1.68 bits per heavy atom. The van der Waals surface area contributed by atoms with Gasteiger partial charge in [-0.25, -0.2) is 0 Å². The van der Waals surface area contributed by atoms with Crippen LogP contribution in [0.1, 0.15) is 33.6 Å². The predicted molar refractivity (Wildman–Crippen MR) is 141 cm³/mol. The molecule has 31 heavy (non-hydrogen) atoms. The van der Waals surface area contributed by atoms with E-state index in [9.17, 15) is 0 Å². The van der Waals surface area contributed by atoms with E-state index in [2.05, 4.69) is 40.8 Å². The number of aliphatic imine (C=N–C) groups is 1. The quantitative estimate of drug-likeness (QED) is 0.310. The Labute approximate surface area is 206 Å². The molecule has 0 aliphatic carbocycles. The van der Waals surface area contributed by atoms with E-state index in [1.165, 1.54) is 32.7 Å². The lowest BCUT2D eigenvalue weighted by Gasteiger charge is -2.35. The van der Waals surface area contributed by atoms with Crippen LogP contribution >= 0.6 is 24.0 Å². The van der Waals surface area contributed by atoms with Gasteiger partial charge >= 0.3 is 0 Å². The van der Waals surface area contributed by atoms with Crippen LogP contribution in [-0.4, -0.2) is 92.2 Å². The molecular weight excluding hydrogens is 501 g/mol. The molecular formula is C24H42IN5O. The van der Waals surface area contributed by atoms with E-state index >= 15 is 0 Å². The number of guanidine groups is 1. The van der Waals surface area contributed by atoms with Crippen molar-refractivity contribution in [3.05, 3.63) is 30.3 Å². The van der Waals surface area contributed by atoms with Gasteiger partial charge in [-0.1, -0.05) is 32.0 Å². The van der Waals surface area contributed by atoms with Gasteiger partial charge in [0.05, 0.1) is 0 Å². The van der Waals surface area contributed by atoms with Gasteiger partial charge in [0.15, 0.2) is 5.96 Å². The van der Waals surface area contributed by atoms with Gasteiger partial charge in [0.1, 0.15) is 11.9 Å².